The fourth-order valence-electron chi connectivity index (χ4n) is 2.89. The van der Waals surface area contributed by atoms with E-state index in [1.807, 2.05) is 5.32 Å². The summed E-state index contributed by atoms with van der Waals surface area (Å²) in [6.07, 6.45) is -2.29. The summed E-state index contributed by atoms with van der Waals surface area (Å²) in [5.74, 6) is -5.65. The molecule has 13 nitrogen and oxygen atoms in total. The van der Waals surface area contributed by atoms with E-state index in [4.69, 9.17) is 15.9 Å². The van der Waals surface area contributed by atoms with Crippen molar-refractivity contribution in [2.45, 2.75) is 56.5 Å². The zero-order valence-electron chi connectivity index (χ0n) is 18.5. The Bertz CT molecular complexity index is 863. The minimum Gasteiger partial charge on any atom is -0.481 e. The van der Waals surface area contributed by atoms with Crippen molar-refractivity contribution in [2.24, 2.45) is 5.73 Å². The topological polar surface area (TPSA) is 228 Å². The van der Waals surface area contributed by atoms with E-state index in [2.05, 4.69) is 10.6 Å². The van der Waals surface area contributed by atoms with Crippen LogP contribution < -0.4 is 21.7 Å². The van der Waals surface area contributed by atoms with E-state index in [-0.39, 0.29) is 6.42 Å². The molecule has 0 aromatic heterocycles. The lowest BCUT2D eigenvalue weighted by atomic mass is 10.1. The van der Waals surface area contributed by atoms with Crippen molar-refractivity contribution in [2.75, 3.05) is 6.61 Å². The third kappa shape index (κ3) is 9.52. The normalized spacial score (nSPS) is 15.2. The van der Waals surface area contributed by atoms with Crippen LogP contribution in [0.2, 0.25) is 0 Å². The number of carbonyl (C=O) groups excluding carboxylic acids is 3. The summed E-state index contributed by atoms with van der Waals surface area (Å²) in [4.78, 5) is 59.6. The van der Waals surface area contributed by atoms with E-state index in [0.717, 1.165) is 12.5 Å². The standard InChI is InChI=1S/C21H30N4O9/c1-11(27)17(21(33)34)25-19(31)14(7-8-16(28)29)23-20(32)15(10-26)24-18(30)13(22)9-12-5-3-2-4-6-12/h2-6,11,13-15,17,26-27H,7-10,22H2,1H3,(H,23,32)(H,24,30)(H,25,31)(H,28,29)(H,33,34). The lowest BCUT2D eigenvalue weighted by Crippen LogP contribution is -2.59. The maximum atomic E-state index is 12.6. The van der Waals surface area contributed by atoms with Crippen LogP contribution in [0.3, 0.4) is 0 Å². The van der Waals surface area contributed by atoms with Gasteiger partial charge in [-0.25, -0.2) is 4.79 Å². The molecular formula is C21H30N4O9. The quantitative estimate of drug-likeness (QED) is 0.137. The predicted octanol–water partition coefficient (Wildman–Crippen LogP) is -2.67. The first-order valence-electron chi connectivity index (χ1n) is 10.4. The van der Waals surface area contributed by atoms with Crippen molar-refractivity contribution < 1.29 is 44.4 Å². The van der Waals surface area contributed by atoms with Crippen molar-refractivity contribution in [1.82, 2.24) is 16.0 Å². The molecule has 34 heavy (non-hydrogen) atoms. The zero-order chi connectivity index (χ0) is 25.8. The van der Waals surface area contributed by atoms with E-state index in [9.17, 15) is 34.2 Å². The Kier molecular flexibility index (Phi) is 11.6. The third-order valence-corrected chi connectivity index (χ3v) is 4.78. The number of carbonyl (C=O) groups is 5. The van der Waals surface area contributed by atoms with Crippen molar-refractivity contribution in [3.05, 3.63) is 35.9 Å². The van der Waals surface area contributed by atoms with Gasteiger partial charge in [-0.15, -0.1) is 0 Å². The SMILES string of the molecule is CC(O)C(NC(=O)C(CCC(=O)O)NC(=O)C(CO)NC(=O)C(N)Cc1ccccc1)C(=O)O. The summed E-state index contributed by atoms with van der Waals surface area (Å²) < 4.78 is 0. The van der Waals surface area contributed by atoms with Gasteiger partial charge in [0, 0.05) is 6.42 Å². The van der Waals surface area contributed by atoms with Crippen LogP contribution in [0.25, 0.3) is 0 Å². The molecule has 3 amide bonds. The number of hydrogen-bond acceptors (Lipinski definition) is 8. The Balaban J connectivity index is 2.86. The van der Waals surface area contributed by atoms with Gasteiger partial charge >= 0.3 is 11.9 Å². The average Bonchev–Trinajstić information content (AvgIpc) is 2.77. The first kappa shape index (κ1) is 28.5. The first-order valence-corrected chi connectivity index (χ1v) is 10.4. The molecule has 0 bridgehead atoms. The number of aliphatic carboxylic acids is 2. The van der Waals surface area contributed by atoms with Crippen LogP contribution >= 0.6 is 0 Å². The Morgan fingerprint density at radius 2 is 1.47 bits per heavy atom. The number of benzene rings is 1. The molecular weight excluding hydrogens is 452 g/mol. The highest BCUT2D eigenvalue weighted by Crippen LogP contribution is 2.04. The van der Waals surface area contributed by atoms with Crippen LogP contribution in [-0.4, -0.2) is 87.0 Å². The highest BCUT2D eigenvalue weighted by atomic mass is 16.4. The maximum Gasteiger partial charge on any atom is 0.328 e. The predicted molar refractivity (Wildman–Crippen MR) is 117 cm³/mol. The number of carboxylic acid groups (broad SMARTS) is 2. The summed E-state index contributed by atoms with van der Waals surface area (Å²) in [5, 5.41) is 43.6. The molecule has 5 unspecified atom stereocenters. The summed E-state index contributed by atoms with van der Waals surface area (Å²) >= 11 is 0. The van der Waals surface area contributed by atoms with E-state index in [1.165, 1.54) is 0 Å². The van der Waals surface area contributed by atoms with Gasteiger partial charge in [0.15, 0.2) is 6.04 Å². The second-order valence-corrected chi connectivity index (χ2v) is 7.60. The van der Waals surface area contributed by atoms with Gasteiger partial charge in [-0.3, -0.25) is 19.2 Å². The van der Waals surface area contributed by atoms with Crippen LogP contribution in [-0.2, 0) is 30.4 Å². The number of carboxylic acids is 2. The van der Waals surface area contributed by atoms with E-state index < -0.39 is 79.4 Å². The van der Waals surface area contributed by atoms with Crippen molar-refractivity contribution >= 4 is 29.7 Å². The van der Waals surface area contributed by atoms with Crippen LogP contribution in [0.5, 0.6) is 0 Å². The summed E-state index contributed by atoms with van der Waals surface area (Å²) in [6, 6.07) is 3.04. The number of amides is 3. The van der Waals surface area contributed by atoms with Crippen LogP contribution in [0.15, 0.2) is 30.3 Å². The van der Waals surface area contributed by atoms with Gasteiger partial charge in [0.05, 0.1) is 18.8 Å². The van der Waals surface area contributed by atoms with Gasteiger partial charge in [-0.05, 0) is 25.3 Å². The largest absolute Gasteiger partial charge is 0.481 e. The summed E-state index contributed by atoms with van der Waals surface area (Å²) in [7, 11) is 0. The molecule has 1 rings (SSSR count). The van der Waals surface area contributed by atoms with Gasteiger partial charge in [-0.1, -0.05) is 30.3 Å². The average molecular weight is 482 g/mol. The van der Waals surface area contributed by atoms with Crippen molar-refractivity contribution in [1.29, 1.82) is 0 Å². The molecule has 0 aliphatic carbocycles. The molecule has 1 aromatic rings. The monoisotopic (exact) mass is 482 g/mol. The Morgan fingerprint density at radius 3 is 1.97 bits per heavy atom. The molecule has 0 aliphatic heterocycles. The summed E-state index contributed by atoms with van der Waals surface area (Å²) in [6.45, 7) is 0.272. The van der Waals surface area contributed by atoms with Gasteiger partial charge in [0.1, 0.15) is 12.1 Å². The lowest BCUT2D eigenvalue weighted by Gasteiger charge is -2.25. The number of aliphatic hydroxyl groups excluding tert-OH is 2. The number of rotatable bonds is 14. The highest BCUT2D eigenvalue weighted by Gasteiger charge is 2.32. The third-order valence-electron chi connectivity index (χ3n) is 4.78. The van der Waals surface area contributed by atoms with Crippen LogP contribution in [0.1, 0.15) is 25.3 Å². The molecule has 0 heterocycles. The van der Waals surface area contributed by atoms with Crippen molar-refractivity contribution in [3.8, 4) is 0 Å². The number of aliphatic hydroxyl groups is 2. The Hall–Kier alpha value is -3.55. The number of nitrogens with two attached hydrogens (primary N) is 1. The van der Waals surface area contributed by atoms with E-state index in [0.29, 0.717) is 0 Å². The van der Waals surface area contributed by atoms with Crippen LogP contribution in [0, 0.1) is 0 Å². The second kappa shape index (κ2) is 13.9. The number of hydrogen-bond donors (Lipinski definition) is 8. The van der Waals surface area contributed by atoms with Gasteiger partial charge in [0.2, 0.25) is 17.7 Å². The second-order valence-electron chi connectivity index (χ2n) is 7.60. The van der Waals surface area contributed by atoms with Gasteiger partial charge in [-0.2, -0.15) is 0 Å². The van der Waals surface area contributed by atoms with Gasteiger partial charge < -0.3 is 42.1 Å². The van der Waals surface area contributed by atoms with E-state index >= 15 is 0 Å². The smallest absolute Gasteiger partial charge is 0.328 e. The molecule has 0 saturated carbocycles. The molecule has 1 aromatic carbocycles. The van der Waals surface area contributed by atoms with Crippen molar-refractivity contribution in [3.63, 3.8) is 0 Å². The molecule has 0 radical (unpaired) electrons. The van der Waals surface area contributed by atoms with E-state index in [1.54, 1.807) is 30.3 Å². The molecule has 5 atom stereocenters. The summed E-state index contributed by atoms with van der Waals surface area (Å²) in [5.41, 5.74) is 6.63. The molecule has 0 fully saturated rings. The zero-order valence-corrected chi connectivity index (χ0v) is 18.5. The first-order chi connectivity index (χ1) is 16.0. The fourth-order valence-corrected chi connectivity index (χ4v) is 2.89. The molecule has 9 N–H and O–H groups in total. The molecule has 0 aliphatic rings. The Morgan fingerprint density at radius 1 is 0.912 bits per heavy atom. The minimum absolute atomic E-state index is 0.159. The molecule has 188 valence electrons. The Labute approximate surface area is 195 Å². The van der Waals surface area contributed by atoms with Gasteiger partial charge in [0.25, 0.3) is 0 Å². The molecule has 0 saturated heterocycles. The lowest BCUT2D eigenvalue weighted by molar-refractivity contribution is -0.145. The maximum absolute atomic E-state index is 12.6. The number of nitrogens with one attached hydrogen (secondary N) is 3. The molecule has 0 spiro atoms. The fraction of sp³-hybridized carbons (Fsp3) is 0.476. The van der Waals surface area contributed by atoms with Crippen LogP contribution in [0.4, 0.5) is 0 Å². The minimum atomic E-state index is -1.71. The molecule has 13 heteroatoms. The highest BCUT2D eigenvalue weighted by molar-refractivity contribution is 5.94.